The molecule has 1 heterocycles. The van der Waals surface area contributed by atoms with Crippen molar-refractivity contribution in [3.8, 4) is 5.69 Å². The van der Waals surface area contributed by atoms with Gasteiger partial charge in [-0.15, -0.1) is 0 Å². The van der Waals surface area contributed by atoms with Crippen LogP contribution in [0.2, 0.25) is 5.02 Å². The van der Waals surface area contributed by atoms with E-state index in [4.69, 9.17) is 16.7 Å². The molecule has 3 aromatic carbocycles. The van der Waals surface area contributed by atoms with E-state index < -0.39 is 0 Å². The van der Waals surface area contributed by atoms with Crippen LogP contribution in [-0.2, 0) is 0 Å². The maximum Gasteiger partial charge on any atom is 0.143 e. The van der Waals surface area contributed by atoms with Gasteiger partial charge in [-0.25, -0.2) is 4.68 Å². The number of fused-ring (bicyclic) bond motifs is 1. The third-order valence-electron chi connectivity index (χ3n) is 4.24. The average Bonchev–Trinajstić information content (AvgIpc) is 2.97. The largest absolute Gasteiger partial charge is 0.340 e. The second kappa shape index (κ2) is 6.26. The number of aryl methyl sites for hydroxylation is 2. The summed E-state index contributed by atoms with van der Waals surface area (Å²) in [5.74, 6) is 0.869. The number of benzene rings is 3. The molecule has 0 bridgehead atoms. The summed E-state index contributed by atoms with van der Waals surface area (Å²) in [6.45, 7) is 4.15. The van der Waals surface area contributed by atoms with Crippen LogP contribution in [0.5, 0.6) is 0 Å². The van der Waals surface area contributed by atoms with Gasteiger partial charge < -0.3 is 5.32 Å². The average molecular weight is 348 g/mol. The number of anilines is 2. The quantitative estimate of drug-likeness (QED) is 0.489. The monoisotopic (exact) mass is 347 g/mol. The Morgan fingerprint density at radius 2 is 1.48 bits per heavy atom. The van der Waals surface area contributed by atoms with Crippen LogP contribution in [0.25, 0.3) is 16.6 Å². The van der Waals surface area contributed by atoms with E-state index in [1.54, 1.807) is 0 Å². The summed E-state index contributed by atoms with van der Waals surface area (Å²) in [5, 5.41) is 9.86. The van der Waals surface area contributed by atoms with Crippen molar-refractivity contribution in [1.82, 2.24) is 9.78 Å². The highest BCUT2D eigenvalue weighted by atomic mass is 35.5. The first-order valence-electron chi connectivity index (χ1n) is 8.20. The zero-order valence-corrected chi connectivity index (χ0v) is 14.9. The fourth-order valence-electron chi connectivity index (χ4n) is 2.86. The van der Waals surface area contributed by atoms with Crippen LogP contribution < -0.4 is 5.32 Å². The first kappa shape index (κ1) is 15.7. The second-order valence-electron chi connectivity index (χ2n) is 6.22. The first-order valence-corrected chi connectivity index (χ1v) is 8.57. The van der Waals surface area contributed by atoms with Crippen LogP contribution in [-0.4, -0.2) is 9.78 Å². The number of rotatable bonds is 3. The molecular weight excluding hydrogens is 330 g/mol. The van der Waals surface area contributed by atoms with Gasteiger partial charge in [0.05, 0.1) is 21.6 Å². The smallest absolute Gasteiger partial charge is 0.143 e. The zero-order valence-electron chi connectivity index (χ0n) is 14.1. The van der Waals surface area contributed by atoms with E-state index in [1.807, 2.05) is 22.9 Å². The highest BCUT2D eigenvalue weighted by Crippen LogP contribution is 2.34. The van der Waals surface area contributed by atoms with Crippen LogP contribution in [0.1, 0.15) is 11.1 Å². The molecule has 0 aliphatic rings. The highest BCUT2D eigenvalue weighted by molar-refractivity contribution is 6.36. The highest BCUT2D eigenvalue weighted by Gasteiger charge is 2.15. The van der Waals surface area contributed by atoms with Gasteiger partial charge in [0.1, 0.15) is 5.82 Å². The zero-order chi connectivity index (χ0) is 17.4. The molecule has 4 aromatic rings. The number of nitrogens with zero attached hydrogens (tertiary/aromatic N) is 2. The predicted molar refractivity (Wildman–Crippen MR) is 105 cm³/mol. The Balaban J connectivity index is 1.91. The third-order valence-corrected chi connectivity index (χ3v) is 4.56. The van der Waals surface area contributed by atoms with Crippen molar-refractivity contribution in [3.05, 3.63) is 82.9 Å². The topological polar surface area (TPSA) is 29.9 Å². The summed E-state index contributed by atoms with van der Waals surface area (Å²) < 4.78 is 1.91. The minimum absolute atomic E-state index is 0.686. The van der Waals surface area contributed by atoms with E-state index in [9.17, 15) is 0 Å². The van der Waals surface area contributed by atoms with Gasteiger partial charge in [-0.2, -0.15) is 5.10 Å². The van der Waals surface area contributed by atoms with E-state index in [0.29, 0.717) is 5.02 Å². The Kier molecular flexibility index (Phi) is 3.94. The molecule has 1 N–H and O–H groups in total. The van der Waals surface area contributed by atoms with E-state index in [0.717, 1.165) is 28.1 Å². The van der Waals surface area contributed by atoms with Gasteiger partial charge in [0, 0.05) is 5.69 Å². The first-order chi connectivity index (χ1) is 12.1. The Bertz CT molecular complexity index is 1030. The lowest BCUT2D eigenvalue weighted by Gasteiger charge is -2.11. The fourth-order valence-corrected chi connectivity index (χ4v) is 3.12. The van der Waals surface area contributed by atoms with Gasteiger partial charge in [0.15, 0.2) is 0 Å². The van der Waals surface area contributed by atoms with Gasteiger partial charge in [-0.3, -0.25) is 0 Å². The molecular formula is C21H18ClN3. The van der Waals surface area contributed by atoms with Crippen molar-refractivity contribution in [3.63, 3.8) is 0 Å². The standard InChI is InChI=1S/C21H18ClN3/c1-14-6-10-16(11-7-14)23-21-20-18(22)4-3-5-19(20)24-25(21)17-12-8-15(2)9-13-17/h3-13,23H,1-2H3. The molecule has 124 valence electrons. The molecule has 0 fully saturated rings. The van der Waals surface area contributed by atoms with Crippen molar-refractivity contribution in [1.29, 1.82) is 0 Å². The van der Waals surface area contributed by atoms with E-state index >= 15 is 0 Å². The molecule has 1 aromatic heterocycles. The summed E-state index contributed by atoms with van der Waals surface area (Å²) in [7, 11) is 0. The van der Waals surface area contributed by atoms with Crippen molar-refractivity contribution < 1.29 is 0 Å². The minimum atomic E-state index is 0.686. The van der Waals surface area contributed by atoms with E-state index in [-0.39, 0.29) is 0 Å². The van der Waals surface area contributed by atoms with Gasteiger partial charge in [0.2, 0.25) is 0 Å². The summed E-state index contributed by atoms with van der Waals surface area (Å²) in [4.78, 5) is 0. The lowest BCUT2D eigenvalue weighted by atomic mass is 10.2. The maximum atomic E-state index is 6.49. The molecule has 0 aliphatic carbocycles. The predicted octanol–water partition coefficient (Wildman–Crippen LogP) is 6.04. The Hall–Kier alpha value is -2.78. The molecule has 0 radical (unpaired) electrons. The molecule has 4 rings (SSSR count). The van der Waals surface area contributed by atoms with Crippen LogP contribution >= 0.6 is 11.6 Å². The lowest BCUT2D eigenvalue weighted by molar-refractivity contribution is 0.903. The number of halogens is 1. The molecule has 25 heavy (non-hydrogen) atoms. The minimum Gasteiger partial charge on any atom is -0.340 e. The van der Waals surface area contributed by atoms with Crippen LogP contribution in [0, 0.1) is 13.8 Å². The lowest BCUT2D eigenvalue weighted by Crippen LogP contribution is -2.02. The van der Waals surface area contributed by atoms with Gasteiger partial charge in [-0.1, -0.05) is 53.1 Å². The Labute approximate surface area is 151 Å². The van der Waals surface area contributed by atoms with Crippen LogP contribution in [0.4, 0.5) is 11.5 Å². The maximum absolute atomic E-state index is 6.49. The third kappa shape index (κ3) is 2.99. The van der Waals surface area contributed by atoms with E-state index in [1.165, 1.54) is 11.1 Å². The van der Waals surface area contributed by atoms with Crippen molar-refractivity contribution in [2.24, 2.45) is 0 Å². The Morgan fingerprint density at radius 3 is 2.16 bits per heavy atom. The summed E-state index contributed by atoms with van der Waals surface area (Å²) in [6.07, 6.45) is 0. The molecule has 4 heteroatoms. The SMILES string of the molecule is Cc1ccc(Nc2c3c(Cl)cccc3nn2-c2ccc(C)cc2)cc1. The number of nitrogens with one attached hydrogen (secondary N) is 1. The molecule has 0 saturated heterocycles. The molecule has 0 unspecified atom stereocenters. The second-order valence-corrected chi connectivity index (χ2v) is 6.63. The molecule has 0 amide bonds. The van der Waals surface area contributed by atoms with Gasteiger partial charge in [0.25, 0.3) is 0 Å². The molecule has 0 spiro atoms. The van der Waals surface area contributed by atoms with Crippen molar-refractivity contribution in [2.45, 2.75) is 13.8 Å². The number of hydrogen-bond donors (Lipinski definition) is 1. The Morgan fingerprint density at radius 1 is 0.840 bits per heavy atom. The number of hydrogen-bond acceptors (Lipinski definition) is 2. The normalized spacial score (nSPS) is 11.0. The molecule has 0 aliphatic heterocycles. The summed E-state index contributed by atoms with van der Waals surface area (Å²) >= 11 is 6.49. The van der Waals surface area contributed by atoms with Crippen molar-refractivity contribution in [2.75, 3.05) is 5.32 Å². The van der Waals surface area contributed by atoms with Crippen LogP contribution in [0.3, 0.4) is 0 Å². The van der Waals surface area contributed by atoms with Crippen LogP contribution in [0.15, 0.2) is 66.7 Å². The van der Waals surface area contributed by atoms with Gasteiger partial charge >= 0.3 is 0 Å². The number of aromatic nitrogens is 2. The molecule has 3 nitrogen and oxygen atoms in total. The molecule has 0 saturated carbocycles. The summed E-state index contributed by atoms with van der Waals surface area (Å²) in [5.41, 5.74) is 5.29. The molecule has 0 atom stereocenters. The van der Waals surface area contributed by atoms with Crippen molar-refractivity contribution >= 4 is 34.0 Å². The summed E-state index contributed by atoms with van der Waals surface area (Å²) in [6, 6.07) is 22.4. The van der Waals surface area contributed by atoms with E-state index in [2.05, 4.69) is 67.7 Å². The van der Waals surface area contributed by atoms with Gasteiger partial charge in [-0.05, 0) is 50.2 Å². The fraction of sp³-hybridized carbons (Fsp3) is 0.0952.